The monoisotopic (exact) mass is 467 g/mol. The van der Waals surface area contributed by atoms with Crippen LogP contribution in [0.25, 0.3) is 0 Å². The molecule has 2 aliphatic heterocycles. The van der Waals surface area contributed by atoms with Crippen LogP contribution in [0.15, 0.2) is 24.3 Å². The number of likely N-dealkylation sites (tertiary alicyclic amines) is 1. The third-order valence-electron chi connectivity index (χ3n) is 7.05. The van der Waals surface area contributed by atoms with E-state index < -0.39 is 0 Å². The molecule has 2 fully saturated rings. The Hall–Kier alpha value is -3.23. The smallest absolute Gasteiger partial charge is 0.274 e. The normalized spacial score (nSPS) is 20.1. The molecule has 2 aromatic rings. The Bertz CT molecular complexity index is 1130. The summed E-state index contributed by atoms with van der Waals surface area (Å²) >= 11 is 0. The molecule has 5 rings (SSSR count). The molecule has 1 atom stereocenters. The number of hydrogen-bond donors (Lipinski definition) is 1. The molecule has 1 N–H and O–H groups in total. The number of rotatable bonds is 5. The van der Waals surface area contributed by atoms with Crippen molar-refractivity contribution in [1.82, 2.24) is 24.9 Å². The summed E-state index contributed by atoms with van der Waals surface area (Å²) in [6.45, 7) is 1.82. The van der Waals surface area contributed by atoms with Gasteiger partial charge in [0, 0.05) is 56.9 Å². The number of halogens is 1. The molecule has 9 heteroatoms. The molecule has 3 heterocycles. The third-order valence-corrected chi connectivity index (χ3v) is 7.05. The summed E-state index contributed by atoms with van der Waals surface area (Å²) in [5.74, 6) is -0.801. The van der Waals surface area contributed by atoms with Crippen LogP contribution in [-0.4, -0.2) is 63.0 Å². The Morgan fingerprint density at radius 2 is 1.97 bits per heavy atom. The van der Waals surface area contributed by atoms with Gasteiger partial charge in [0.15, 0.2) is 5.69 Å². The van der Waals surface area contributed by atoms with Gasteiger partial charge < -0.3 is 15.1 Å². The van der Waals surface area contributed by atoms with Gasteiger partial charge in [-0.05, 0) is 43.4 Å². The maximum atomic E-state index is 13.5. The van der Waals surface area contributed by atoms with Crippen LogP contribution in [-0.2, 0) is 36.0 Å². The van der Waals surface area contributed by atoms with Gasteiger partial charge in [0.2, 0.25) is 11.8 Å². The lowest BCUT2D eigenvalue weighted by atomic mass is 9.96. The molecule has 1 aliphatic carbocycles. The first-order valence-corrected chi connectivity index (χ1v) is 12.1. The van der Waals surface area contributed by atoms with Gasteiger partial charge in [0.25, 0.3) is 5.91 Å². The second-order valence-corrected chi connectivity index (χ2v) is 9.64. The number of aryl methyl sites for hydroxylation is 1. The van der Waals surface area contributed by atoms with E-state index in [2.05, 4.69) is 10.4 Å². The number of nitrogens with zero attached hydrogens (tertiary/aromatic N) is 4. The van der Waals surface area contributed by atoms with Crippen molar-refractivity contribution >= 4 is 17.7 Å². The van der Waals surface area contributed by atoms with Crippen molar-refractivity contribution in [1.29, 1.82) is 0 Å². The molecule has 8 nitrogen and oxygen atoms in total. The summed E-state index contributed by atoms with van der Waals surface area (Å²) in [5.41, 5.74) is 2.72. The average molecular weight is 468 g/mol. The number of carbonyl (C=O) groups is 3. The van der Waals surface area contributed by atoms with Gasteiger partial charge >= 0.3 is 0 Å². The first kappa shape index (κ1) is 22.6. The molecule has 34 heavy (non-hydrogen) atoms. The van der Waals surface area contributed by atoms with Crippen LogP contribution in [0, 0.1) is 11.7 Å². The number of aromatic nitrogens is 2. The summed E-state index contributed by atoms with van der Waals surface area (Å²) in [7, 11) is 1.82. The van der Waals surface area contributed by atoms with E-state index in [1.54, 1.807) is 26.6 Å². The summed E-state index contributed by atoms with van der Waals surface area (Å²) in [6, 6.07) is 6.37. The summed E-state index contributed by atoms with van der Waals surface area (Å²) in [5, 5.41) is 7.58. The van der Waals surface area contributed by atoms with E-state index in [9.17, 15) is 18.8 Å². The maximum Gasteiger partial charge on any atom is 0.274 e. The van der Waals surface area contributed by atoms with E-state index in [0.717, 1.165) is 36.9 Å². The van der Waals surface area contributed by atoms with E-state index in [1.165, 1.54) is 12.1 Å². The number of piperidine rings is 1. The predicted molar refractivity (Wildman–Crippen MR) is 122 cm³/mol. The fourth-order valence-electron chi connectivity index (χ4n) is 4.98. The number of nitrogens with one attached hydrogen (secondary N) is 1. The Balaban J connectivity index is 1.29. The van der Waals surface area contributed by atoms with Gasteiger partial charge in [-0.15, -0.1) is 0 Å². The lowest BCUT2D eigenvalue weighted by Crippen LogP contribution is -2.46. The van der Waals surface area contributed by atoms with Crippen molar-refractivity contribution < 1.29 is 18.8 Å². The van der Waals surface area contributed by atoms with Crippen LogP contribution in [0.1, 0.15) is 53.0 Å². The van der Waals surface area contributed by atoms with Crippen molar-refractivity contribution in [3.05, 3.63) is 52.6 Å². The SMILES string of the molecule is Cn1nc(C(=O)N2CCCC(C(=O)NC3CC3)C2)c2c1CCN(C(=O)Cc1cccc(F)c1)C2. The maximum absolute atomic E-state index is 13.5. The number of hydrogen-bond acceptors (Lipinski definition) is 4. The predicted octanol–water partition coefficient (Wildman–Crippen LogP) is 1.82. The fourth-order valence-corrected chi connectivity index (χ4v) is 4.98. The fraction of sp³-hybridized carbons (Fsp3) is 0.520. The van der Waals surface area contributed by atoms with Gasteiger partial charge in [-0.1, -0.05) is 12.1 Å². The third kappa shape index (κ3) is 4.69. The van der Waals surface area contributed by atoms with Gasteiger partial charge in [-0.3, -0.25) is 19.1 Å². The number of amides is 3. The Kier molecular flexibility index (Phi) is 6.10. The molecular formula is C25H30FN5O3. The Morgan fingerprint density at radius 1 is 1.15 bits per heavy atom. The van der Waals surface area contributed by atoms with Crippen LogP contribution in [0.2, 0.25) is 0 Å². The second-order valence-electron chi connectivity index (χ2n) is 9.64. The standard InChI is InChI=1S/C25H30FN5O3/c1-29-21-9-11-30(22(32)13-16-4-2-6-18(26)12-16)15-20(21)23(28-29)25(34)31-10-3-5-17(14-31)24(33)27-19-7-8-19/h2,4,6,12,17,19H,3,5,7-11,13-15H2,1H3,(H,27,33). The van der Waals surface area contributed by atoms with Crippen molar-refractivity contribution in [2.24, 2.45) is 13.0 Å². The largest absolute Gasteiger partial charge is 0.353 e. The Labute approximate surface area is 198 Å². The highest BCUT2D eigenvalue weighted by Gasteiger charge is 2.35. The molecule has 1 aromatic heterocycles. The van der Waals surface area contributed by atoms with E-state index in [0.29, 0.717) is 49.9 Å². The average Bonchev–Trinajstić information content (AvgIpc) is 3.59. The van der Waals surface area contributed by atoms with Crippen LogP contribution in [0.5, 0.6) is 0 Å². The quantitative estimate of drug-likeness (QED) is 0.727. The number of fused-ring (bicyclic) bond motifs is 1. The molecule has 3 aliphatic rings. The van der Waals surface area contributed by atoms with Crippen molar-refractivity contribution in [3.63, 3.8) is 0 Å². The summed E-state index contributed by atoms with van der Waals surface area (Å²) < 4.78 is 15.3. The van der Waals surface area contributed by atoms with E-state index >= 15 is 0 Å². The van der Waals surface area contributed by atoms with Crippen LogP contribution in [0.3, 0.4) is 0 Å². The van der Waals surface area contributed by atoms with Crippen LogP contribution >= 0.6 is 0 Å². The first-order valence-electron chi connectivity index (χ1n) is 12.1. The molecule has 1 aromatic carbocycles. The number of benzene rings is 1. The second kappa shape index (κ2) is 9.19. The van der Waals surface area contributed by atoms with Gasteiger partial charge in [0.05, 0.1) is 12.3 Å². The lowest BCUT2D eigenvalue weighted by molar-refractivity contribution is -0.131. The first-order chi connectivity index (χ1) is 16.4. The minimum Gasteiger partial charge on any atom is -0.353 e. The van der Waals surface area contributed by atoms with Crippen molar-refractivity contribution in [2.45, 2.75) is 51.1 Å². The molecule has 0 spiro atoms. The lowest BCUT2D eigenvalue weighted by Gasteiger charge is -2.32. The zero-order chi connectivity index (χ0) is 23.8. The van der Waals surface area contributed by atoms with E-state index in [1.807, 2.05) is 7.05 Å². The highest BCUT2D eigenvalue weighted by molar-refractivity contribution is 5.95. The van der Waals surface area contributed by atoms with Crippen LogP contribution < -0.4 is 5.32 Å². The summed E-state index contributed by atoms with van der Waals surface area (Å²) in [4.78, 5) is 42.4. The topological polar surface area (TPSA) is 87.5 Å². The van der Waals surface area contributed by atoms with Crippen molar-refractivity contribution in [3.8, 4) is 0 Å². The molecule has 3 amide bonds. The van der Waals surface area contributed by atoms with E-state index in [4.69, 9.17) is 0 Å². The molecule has 1 saturated carbocycles. The van der Waals surface area contributed by atoms with Gasteiger partial charge in [-0.25, -0.2) is 4.39 Å². The van der Waals surface area contributed by atoms with Crippen molar-refractivity contribution in [2.75, 3.05) is 19.6 Å². The molecule has 1 saturated heterocycles. The molecule has 1 unspecified atom stereocenters. The van der Waals surface area contributed by atoms with Gasteiger partial charge in [-0.2, -0.15) is 5.10 Å². The molecule has 0 radical (unpaired) electrons. The minimum atomic E-state index is -0.364. The number of carbonyl (C=O) groups excluding carboxylic acids is 3. The molecule has 180 valence electrons. The highest BCUT2D eigenvalue weighted by Crippen LogP contribution is 2.27. The molecular weight excluding hydrogens is 437 g/mol. The van der Waals surface area contributed by atoms with Gasteiger partial charge in [0.1, 0.15) is 5.82 Å². The van der Waals surface area contributed by atoms with E-state index in [-0.39, 0.29) is 35.9 Å². The molecule has 0 bridgehead atoms. The van der Waals surface area contributed by atoms with Crippen LogP contribution in [0.4, 0.5) is 4.39 Å². The zero-order valence-corrected chi connectivity index (χ0v) is 19.4. The Morgan fingerprint density at radius 3 is 2.74 bits per heavy atom. The minimum absolute atomic E-state index is 0.0390. The highest BCUT2D eigenvalue weighted by atomic mass is 19.1. The summed E-state index contributed by atoms with van der Waals surface area (Å²) in [6.07, 6.45) is 4.35. The zero-order valence-electron chi connectivity index (χ0n) is 19.4.